The number of aliphatic hydroxyl groups is 2. The van der Waals surface area contributed by atoms with E-state index in [2.05, 4.69) is 11.8 Å². The summed E-state index contributed by atoms with van der Waals surface area (Å²) in [5.74, 6) is 0.0296. The van der Waals surface area contributed by atoms with Gasteiger partial charge in [-0.05, 0) is 50.4 Å². The van der Waals surface area contributed by atoms with Crippen molar-refractivity contribution >= 4 is 11.7 Å². The molecule has 196 valence electrons. The molecule has 0 radical (unpaired) electrons. The Morgan fingerprint density at radius 1 is 1.03 bits per heavy atom. The van der Waals surface area contributed by atoms with Crippen LogP contribution in [0.4, 0.5) is 0 Å². The van der Waals surface area contributed by atoms with Gasteiger partial charge < -0.3 is 20.0 Å². The molecule has 0 saturated heterocycles. The maximum Gasteiger partial charge on any atom is 0.294 e. The minimum absolute atomic E-state index is 0.0574. The zero-order valence-electron chi connectivity index (χ0n) is 20.9. The molecule has 0 aromatic rings. The Morgan fingerprint density at radius 2 is 1.74 bits per heavy atom. The first-order valence-electron chi connectivity index (χ1n) is 12.8. The van der Waals surface area contributed by atoms with Crippen LogP contribution in [0.15, 0.2) is 12.2 Å². The first-order chi connectivity index (χ1) is 16.3. The molecule has 0 aromatic heterocycles. The molecule has 1 saturated carbocycles. The molecule has 0 aromatic carbocycles. The van der Waals surface area contributed by atoms with Gasteiger partial charge in [0.2, 0.25) is 5.91 Å². The van der Waals surface area contributed by atoms with Crippen LogP contribution in [0.1, 0.15) is 90.4 Å². The van der Waals surface area contributed by atoms with Crippen LogP contribution in [0.5, 0.6) is 0 Å². The van der Waals surface area contributed by atoms with Gasteiger partial charge in [-0.3, -0.25) is 9.59 Å². The Kier molecular flexibility index (Phi) is 15.4. The molecule has 9 heteroatoms. The average Bonchev–Trinajstić information content (AvgIpc) is 3.05. The van der Waals surface area contributed by atoms with Gasteiger partial charge in [0.15, 0.2) is 0 Å². The van der Waals surface area contributed by atoms with E-state index in [-0.39, 0.29) is 36.7 Å². The summed E-state index contributed by atoms with van der Waals surface area (Å²) in [5.41, 5.74) is 0. The number of likely N-dealkylation sites (N-methyl/N-ethyl adjacent to an activating group) is 1. The van der Waals surface area contributed by atoms with Crippen LogP contribution in [0.3, 0.4) is 0 Å². The molecule has 0 heterocycles. The highest BCUT2D eigenvalue weighted by atomic mass is 16.9. The van der Waals surface area contributed by atoms with Crippen LogP contribution < -0.4 is 0 Å². The molecule has 1 rings (SSSR count). The number of nitrogens with zero attached hydrogens (tertiary/aromatic N) is 2. The topological polar surface area (TPSA) is 130 Å². The van der Waals surface area contributed by atoms with E-state index in [9.17, 15) is 29.9 Å². The molecule has 0 spiro atoms. The number of allylic oxidation sites excluding steroid dienone is 2. The summed E-state index contributed by atoms with van der Waals surface area (Å²) in [5, 5.41) is 30.0. The predicted molar refractivity (Wildman–Crippen MR) is 129 cm³/mol. The molecule has 9 nitrogen and oxygen atoms in total. The number of Topliss-reactive ketones (excluding diaryl/α,β-unsaturated/α-hetero) is 1. The molecule has 0 aliphatic heterocycles. The fourth-order valence-electron chi connectivity index (χ4n) is 4.59. The molecule has 34 heavy (non-hydrogen) atoms. The third-order valence-electron chi connectivity index (χ3n) is 6.72. The number of rotatable bonds is 19. The Labute approximate surface area is 203 Å². The molecular weight excluding hydrogens is 440 g/mol. The lowest BCUT2D eigenvalue weighted by molar-refractivity contribution is -0.757. The van der Waals surface area contributed by atoms with E-state index in [0.717, 1.165) is 12.8 Å². The largest absolute Gasteiger partial charge is 0.393 e. The molecule has 1 aliphatic rings. The Balaban J connectivity index is 2.29. The van der Waals surface area contributed by atoms with Gasteiger partial charge in [-0.15, -0.1) is 10.1 Å². The maximum absolute atomic E-state index is 12.2. The van der Waals surface area contributed by atoms with Gasteiger partial charge >= 0.3 is 0 Å². The van der Waals surface area contributed by atoms with E-state index in [4.69, 9.17) is 0 Å². The van der Waals surface area contributed by atoms with E-state index in [0.29, 0.717) is 51.4 Å². The second-order valence-electron chi connectivity index (χ2n) is 9.41. The lowest BCUT2D eigenvalue weighted by Gasteiger charge is -2.22. The summed E-state index contributed by atoms with van der Waals surface area (Å²) in [6.07, 6.45) is 12.8. The van der Waals surface area contributed by atoms with Crippen LogP contribution >= 0.6 is 0 Å². The average molecular weight is 485 g/mol. The van der Waals surface area contributed by atoms with Crippen molar-refractivity contribution in [3.63, 3.8) is 0 Å². The summed E-state index contributed by atoms with van der Waals surface area (Å²) < 4.78 is 0. The zero-order chi connectivity index (χ0) is 25.3. The van der Waals surface area contributed by atoms with Gasteiger partial charge in [0.05, 0.1) is 12.2 Å². The molecular formula is C25H44N2O7. The number of ketones is 1. The van der Waals surface area contributed by atoms with Crippen molar-refractivity contribution in [2.45, 2.75) is 103 Å². The second-order valence-corrected chi connectivity index (χ2v) is 9.41. The number of aliphatic hydroxyl groups excluding tert-OH is 2. The Bertz CT molecular complexity index is 641. The molecule has 4 atom stereocenters. The van der Waals surface area contributed by atoms with Crippen LogP contribution in [-0.2, 0) is 14.4 Å². The third kappa shape index (κ3) is 12.5. The van der Waals surface area contributed by atoms with Gasteiger partial charge in [-0.2, -0.15) is 0 Å². The molecule has 1 fully saturated rings. The number of hydrogen-bond acceptors (Lipinski definition) is 7. The molecule has 1 amide bonds. The Morgan fingerprint density at radius 3 is 2.44 bits per heavy atom. The zero-order valence-corrected chi connectivity index (χ0v) is 20.9. The van der Waals surface area contributed by atoms with Crippen molar-refractivity contribution in [3.05, 3.63) is 22.3 Å². The number of hydrogen-bond donors (Lipinski definition) is 2. The minimum Gasteiger partial charge on any atom is -0.393 e. The van der Waals surface area contributed by atoms with Crippen molar-refractivity contribution in [2.75, 3.05) is 20.2 Å². The van der Waals surface area contributed by atoms with Gasteiger partial charge in [-0.1, -0.05) is 44.8 Å². The first kappa shape index (κ1) is 30.0. The number of unbranched alkanes of at least 4 members (excludes halogenated alkanes) is 5. The van der Waals surface area contributed by atoms with Crippen LogP contribution in [-0.4, -0.2) is 64.3 Å². The normalized spacial score (nSPS) is 22.2. The highest BCUT2D eigenvalue weighted by Gasteiger charge is 2.40. The van der Waals surface area contributed by atoms with E-state index in [1.807, 2.05) is 12.2 Å². The van der Waals surface area contributed by atoms with E-state index < -0.39 is 17.3 Å². The summed E-state index contributed by atoms with van der Waals surface area (Å²) >= 11 is 0. The van der Waals surface area contributed by atoms with Crippen molar-refractivity contribution in [2.24, 2.45) is 11.8 Å². The summed E-state index contributed by atoms with van der Waals surface area (Å²) in [7, 11) is 1.59. The monoisotopic (exact) mass is 484 g/mol. The van der Waals surface area contributed by atoms with Crippen molar-refractivity contribution < 1.29 is 29.7 Å². The fraction of sp³-hybridized carbons (Fsp3) is 0.840. The standard InChI is InChI=1S/C25H44N2O7/c1-3-4-5-6-9-12-20(28)15-16-22-21(23(29)19-24(22)30)13-10-7-8-11-14-25(31)26(2)17-18-34-27(32)33/h7,10,21-24,29-30H,3-6,8-9,11-19H2,1-2H3/b10-7-/t21-,22-,23+,24-/m1/s1. The lowest BCUT2D eigenvalue weighted by atomic mass is 9.86. The predicted octanol–water partition coefficient (Wildman–Crippen LogP) is 3.84. The van der Waals surface area contributed by atoms with Crippen molar-refractivity contribution in [3.8, 4) is 0 Å². The minimum atomic E-state index is -0.874. The molecule has 2 N–H and O–H groups in total. The van der Waals surface area contributed by atoms with Gasteiger partial charge in [0, 0.05) is 32.9 Å². The van der Waals surface area contributed by atoms with Gasteiger partial charge in [-0.25, -0.2) is 0 Å². The van der Waals surface area contributed by atoms with Crippen LogP contribution in [0.2, 0.25) is 0 Å². The molecule has 0 unspecified atom stereocenters. The molecule has 0 bridgehead atoms. The van der Waals surface area contributed by atoms with Crippen molar-refractivity contribution in [1.82, 2.24) is 4.90 Å². The third-order valence-corrected chi connectivity index (χ3v) is 6.72. The lowest BCUT2D eigenvalue weighted by Crippen LogP contribution is -2.30. The van der Waals surface area contributed by atoms with Crippen molar-refractivity contribution in [1.29, 1.82) is 0 Å². The van der Waals surface area contributed by atoms with E-state index in [1.54, 1.807) is 7.05 Å². The number of carbonyl (C=O) groups is 2. The SMILES string of the molecule is CCCCCCCC(=O)CC[C@@H]1[C@@H](C/C=C\CCCC(=O)N(C)CCO[N+](=O)[O-])[C@@H](O)C[C@H]1O. The van der Waals surface area contributed by atoms with Gasteiger partial charge in [0.25, 0.3) is 5.09 Å². The second kappa shape index (κ2) is 17.4. The highest BCUT2D eigenvalue weighted by Crippen LogP contribution is 2.38. The highest BCUT2D eigenvalue weighted by molar-refractivity contribution is 5.78. The maximum atomic E-state index is 12.2. The number of carbonyl (C=O) groups excluding carboxylic acids is 2. The first-order valence-corrected chi connectivity index (χ1v) is 12.8. The van der Waals surface area contributed by atoms with Crippen LogP contribution in [0.25, 0.3) is 0 Å². The van der Waals surface area contributed by atoms with E-state index >= 15 is 0 Å². The summed E-state index contributed by atoms with van der Waals surface area (Å²) in [6.45, 7) is 2.19. The van der Waals surface area contributed by atoms with Crippen LogP contribution in [0, 0.1) is 22.0 Å². The van der Waals surface area contributed by atoms with Gasteiger partial charge in [0.1, 0.15) is 12.4 Å². The quantitative estimate of drug-likeness (QED) is 0.123. The summed E-state index contributed by atoms with van der Waals surface area (Å²) in [6, 6.07) is 0. The Hall–Kier alpha value is -2.00. The smallest absolute Gasteiger partial charge is 0.294 e. The number of amides is 1. The summed E-state index contributed by atoms with van der Waals surface area (Å²) in [4.78, 5) is 40.0. The van der Waals surface area contributed by atoms with E-state index in [1.165, 1.54) is 24.2 Å². The fourth-order valence-corrected chi connectivity index (χ4v) is 4.59. The molecule has 1 aliphatic carbocycles.